The molecule has 6 heterocycles. The fourth-order valence-corrected chi connectivity index (χ4v) is 13.1. The summed E-state index contributed by atoms with van der Waals surface area (Å²) in [5, 5.41) is 14.4. The van der Waals surface area contributed by atoms with Crippen LogP contribution in [0.4, 0.5) is 0 Å². The largest absolute Gasteiger partial charge is 0.692 e. The van der Waals surface area contributed by atoms with Crippen molar-refractivity contribution in [3.8, 4) is 5.92 Å². The molecule has 20 heteroatoms. The first kappa shape index (κ1) is 93.6. The van der Waals surface area contributed by atoms with E-state index in [-0.39, 0.29) is 141 Å². The molecule has 0 fully saturated rings. The van der Waals surface area contributed by atoms with Gasteiger partial charge in [-0.25, -0.2) is 0 Å². The van der Waals surface area contributed by atoms with Gasteiger partial charge in [-0.15, -0.1) is 11.6 Å². The fourth-order valence-electron chi connectivity index (χ4n) is 11.7. The standard InChI is InChI=1S/C21H16IN2O2.C21H18N2O2.C21H17N2O2.C18H15IN2O2.4C2H6.CH4.2Y/c1-3-11-24-13-17(20(25)16-5-4-6-18(22)19(16)24)21(26)23-12-15-9-7-14(2)8-10-15;2*1-13-6-8-15(9-7-13)10-22-21(25)18-12-23-11-14(2)16-4-3-5-17(19(16)23)20(18)24;1-11-5-7-12(8-6-11)9-21-18(23)14-10-20-16-13(17(14)22)3-2-4-15(16)19;4*1-2;;;/h4-10,13H,11-12H2,2H3,(H,23,26);3-9,11-12H,10H2,1-2H3,(H,22,25);2-9,12H,10-11H2,1H3,(H,22,25);2-8,10H,9H2,1H3,(H,20,22)(H,21,23);4*1-2H3;1H4;;/q-1;;-1;;;;;;;;. The monoisotopic (exact) mass is 1850 g/mol. The number of para-hydroxylation sites is 4. The Morgan fingerprint density at radius 3 is 1.22 bits per heavy atom. The number of halogens is 2. The summed E-state index contributed by atoms with van der Waals surface area (Å²) in [7, 11) is 0. The third-order valence-corrected chi connectivity index (χ3v) is 18.8. The maximum atomic E-state index is 12.8. The molecule has 110 heavy (non-hydrogen) atoms. The third-order valence-electron chi connectivity index (χ3n) is 17.0. The Labute approximate surface area is 722 Å². The molecule has 0 bridgehead atoms. The van der Waals surface area contributed by atoms with Gasteiger partial charge in [-0.3, -0.25) is 44.9 Å². The molecule has 4 amide bonds. The first-order valence-corrected chi connectivity index (χ1v) is 37.8. The van der Waals surface area contributed by atoms with Crippen LogP contribution >= 0.6 is 45.2 Å². The second kappa shape index (κ2) is 45.5. The summed E-state index contributed by atoms with van der Waals surface area (Å²) in [5.41, 5.74) is 13.9. The Hall–Kier alpha value is -8.81. The van der Waals surface area contributed by atoms with E-state index in [0.29, 0.717) is 65.4 Å². The smallest absolute Gasteiger partial charge is 0.257 e. The number of hydrogen-bond acceptors (Lipinski definition) is 8. The molecule has 14 rings (SSSR count). The third kappa shape index (κ3) is 23.2. The second-order valence-corrected chi connectivity index (χ2v) is 26.5. The predicted octanol–water partition coefficient (Wildman–Crippen LogP) is 18.0. The molecule has 2 radical (unpaired) electrons. The number of aromatic amines is 1. The summed E-state index contributed by atoms with van der Waals surface area (Å²) >= 11 is 4.31. The minimum atomic E-state index is -0.421. The number of carbonyl (C=O) groups excluding carboxylic acids is 4. The molecule has 0 unspecified atom stereocenters. The van der Waals surface area contributed by atoms with Crippen LogP contribution in [0.15, 0.2) is 220 Å². The van der Waals surface area contributed by atoms with E-state index < -0.39 is 5.91 Å². The molecule has 13 aromatic rings. The maximum Gasteiger partial charge on any atom is 0.257 e. The van der Waals surface area contributed by atoms with Crippen LogP contribution in [0.2, 0.25) is 0 Å². The van der Waals surface area contributed by atoms with Gasteiger partial charge in [-0.2, -0.15) is 5.57 Å². The van der Waals surface area contributed by atoms with Crippen molar-refractivity contribution in [1.82, 2.24) is 39.8 Å². The average molecular weight is 1850 g/mol. The van der Waals surface area contributed by atoms with Gasteiger partial charge in [0.05, 0.1) is 16.6 Å². The zero-order valence-electron chi connectivity index (χ0n) is 63.9. The summed E-state index contributed by atoms with van der Waals surface area (Å²) in [4.78, 5) is 104. The molecule has 8 aromatic carbocycles. The number of H-pyrrole nitrogens is 1. The molecule has 1 aliphatic rings. The quantitative estimate of drug-likeness (QED) is 0.0424. The van der Waals surface area contributed by atoms with Crippen molar-refractivity contribution in [2.45, 2.75) is 137 Å². The number of carbonyl (C=O) groups is 4. The van der Waals surface area contributed by atoms with Gasteiger partial charge >= 0.3 is 0 Å². The molecule has 0 saturated carbocycles. The Morgan fingerprint density at radius 1 is 0.436 bits per heavy atom. The van der Waals surface area contributed by atoms with Crippen molar-refractivity contribution >= 4 is 123 Å². The van der Waals surface area contributed by atoms with Crippen LogP contribution in [0.3, 0.4) is 0 Å². The average Bonchev–Trinajstić information content (AvgIpc) is 1.57. The van der Waals surface area contributed by atoms with E-state index in [2.05, 4.69) is 77.4 Å². The van der Waals surface area contributed by atoms with E-state index in [4.69, 9.17) is 13.0 Å². The molecule has 564 valence electrons. The van der Waals surface area contributed by atoms with Crippen molar-refractivity contribution < 1.29 is 84.6 Å². The van der Waals surface area contributed by atoms with Crippen LogP contribution in [0, 0.1) is 60.7 Å². The van der Waals surface area contributed by atoms with Gasteiger partial charge in [0.1, 0.15) is 22.3 Å². The van der Waals surface area contributed by atoms with Crippen molar-refractivity contribution in [2.75, 3.05) is 0 Å². The van der Waals surface area contributed by atoms with Crippen LogP contribution < -0.4 is 43.0 Å². The van der Waals surface area contributed by atoms with Crippen molar-refractivity contribution in [3.05, 3.63) is 340 Å². The number of nitrogens with zero attached hydrogens (tertiary/aromatic N) is 3. The number of pyridine rings is 4. The Balaban J connectivity index is 0.000000298. The topological polar surface area (TPSA) is 215 Å². The summed E-state index contributed by atoms with van der Waals surface area (Å²) in [6.07, 6.45) is 15.5. The van der Waals surface area contributed by atoms with E-state index in [1.807, 2.05) is 239 Å². The van der Waals surface area contributed by atoms with E-state index in [1.165, 1.54) is 23.5 Å². The van der Waals surface area contributed by atoms with E-state index in [0.717, 1.165) is 73.6 Å². The van der Waals surface area contributed by atoms with Gasteiger partial charge in [-0.1, -0.05) is 219 Å². The molecule has 16 nitrogen and oxygen atoms in total. The van der Waals surface area contributed by atoms with Crippen LogP contribution in [-0.4, -0.2) is 42.1 Å². The zero-order valence-corrected chi connectivity index (χ0v) is 73.9. The Kier molecular flexibility index (Phi) is 38.7. The predicted molar refractivity (Wildman–Crippen MR) is 460 cm³/mol. The number of rotatable bonds is 13. The molecule has 5 N–H and O–H groups in total. The summed E-state index contributed by atoms with van der Waals surface area (Å²) in [5.74, 6) is 0.823. The number of benzene rings is 8. The Bertz CT molecular complexity index is 5630. The summed E-state index contributed by atoms with van der Waals surface area (Å²) < 4.78 is 7.30. The van der Waals surface area contributed by atoms with Crippen LogP contribution in [0.1, 0.15) is 160 Å². The Morgan fingerprint density at radius 2 is 0.782 bits per heavy atom. The van der Waals surface area contributed by atoms with Gasteiger partial charge in [0.2, 0.25) is 21.7 Å². The number of nitrogens with one attached hydrogen (secondary N) is 5. The molecular weight excluding hydrogens is 1750 g/mol. The molecule has 0 saturated heterocycles. The molecule has 0 spiro atoms. The van der Waals surface area contributed by atoms with Gasteiger partial charge in [0, 0.05) is 170 Å². The number of fused-ring (bicyclic) bond motifs is 2. The maximum absolute atomic E-state index is 12.8. The van der Waals surface area contributed by atoms with Gasteiger partial charge in [0.15, 0.2) is 0 Å². The van der Waals surface area contributed by atoms with Gasteiger partial charge in [-0.05, 0) is 143 Å². The minimum Gasteiger partial charge on any atom is -0.692 e. The first-order chi connectivity index (χ1) is 51.6. The zero-order chi connectivity index (χ0) is 78.2. The van der Waals surface area contributed by atoms with Crippen molar-refractivity contribution in [2.24, 2.45) is 0 Å². The van der Waals surface area contributed by atoms with Crippen molar-refractivity contribution in [1.29, 1.82) is 0 Å². The van der Waals surface area contributed by atoms with E-state index >= 15 is 0 Å². The summed E-state index contributed by atoms with van der Waals surface area (Å²) in [6, 6.07) is 53.5. The molecule has 1 aliphatic heterocycles. The van der Waals surface area contributed by atoms with Crippen LogP contribution in [0.5, 0.6) is 0 Å². The van der Waals surface area contributed by atoms with E-state index in [1.54, 1.807) is 53.4 Å². The molecule has 5 aromatic heterocycles. The fraction of sp³-hybridized carbons (Fsp3) is 0.222. The number of allylic oxidation sites excluding steroid dienone is 1. The number of aromatic nitrogens is 4. The number of aryl methyl sites for hydroxylation is 5. The number of hydrogen-bond donors (Lipinski definition) is 5. The van der Waals surface area contributed by atoms with Crippen molar-refractivity contribution in [3.63, 3.8) is 0 Å². The van der Waals surface area contributed by atoms with Gasteiger partial charge in [0.25, 0.3) is 23.6 Å². The van der Waals surface area contributed by atoms with Crippen LogP contribution in [-0.2, 0) is 105 Å². The van der Waals surface area contributed by atoms with Gasteiger partial charge < -0.3 is 52.1 Å². The summed E-state index contributed by atoms with van der Waals surface area (Å²) in [6.45, 7) is 34.3. The number of amides is 4. The van der Waals surface area contributed by atoms with Crippen LogP contribution in [0.25, 0.3) is 54.6 Å². The normalized spacial score (nSPS) is 10.4. The van der Waals surface area contributed by atoms with E-state index in [9.17, 15) is 38.4 Å². The minimum absolute atomic E-state index is 0. The molecule has 0 atom stereocenters. The SMILES string of the molecule is C.CC.CC.CC.CC.Cc1ccc(CNC(=O)c2c[nH]c3c(I)cccc3c2=O)cc1.Cc1ccc(CNC(=O)c2cn3cc(C)c4cccc(c2=O)c43)cc1.[C-]#CCn1cc(C(=O)NCc2ccc(C)cc2)c(=O)c2cccc(I)c21.[CH-]=C1Cn2cc(C(=O)NCc3ccc(C)cc3)c(=O)c3cccc1c32.[Y].[Y]. The molecule has 0 aliphatic carbocycles. The second-order valence-electron chi connectivity index (χ2n) is 24.2. The first-order valence-electron chi connectivity index (χ1n) is 35.7. The molecular formula is C90H94I2N8O8Y2-2.